The van der Waals surface area contributed by atoms with Crippen molar-refractivity contribution >= 4 is 21.9 Å². The monoisotopic (exact) mass is 320 g/mol. The Labute approximate surface area is 121 Å². The normalized spacial score (nSPS) is 12.6. The number of aliphatic carboxylic acids is 1. The molecule has 1 N–H and O–H groups in total. The number of halogens is 1. The van der Waals surface area contributed by atoms with Gasteiger partial charge in [-0.25, -0.2) is 0 Å². The lowest BCUT2D eigenvalue weighted by Gasteiger charge is -2.04. The third kappa shape index (κ3) is 12.4. The van der Waals surface area contributed by atoms with E-state index in [9.17, 15) is 4.79 Å². The number of carbonyl (C=O) groups is 1. The summed E-state index contributed by atoms with van der Waals surface area (Å²) in [7, 11) is 0. The van der Waals surface area contributed by atoms with Crippen LogP contribution in [-0.4, -0.2) is 15.9 Å². The zero-order chi connectivity index (χ0) is 13.6. The second-order valence-electron chi connectivity index (χ2n) is 5.13. The molecule has 0 amide bonds. The summed E-state index contributed by atoms with van der Waals surface area (Å²) in [6.45, 7) is 2.25. The maximum atomic E-state index is 10.6. The number of alkyl halides is 1. The van der Waals surface area contributed by atoms with E-state index in [1.165, 1.54) is 64.2 Å². The van der Waals surface area contributed by atoms with Gasteiger partial charge in [0.05, 0.1) is 0 Å². The highest BCUT2D eigenvalue weighted by Gasteiger charge is 2.11. The van der Waals surface area contributed by atoms with Gasteiger partial charge in [0.15, 0.2) is 0 Å². The Morgan fingerprint density at radius 3 is 1.67 bits per heavy atom. The molecule has 0 heterocycles. The predicted molar refractivity (Wildman–Crippen MR) is 81.4 cm³/mol. The number of rotatable bonds is 13. The summed E-state index contributed by atoms with van der Waals surface area (Å²) in [5, 5.41) is 8.70. The predicted octanol–water partition coefficient (Wildman–Crippen LogP) is 5.54. The molecule has 0 saturated heterocycles. The summed E-state index contributed by atoms with van der Waals surface area (Å²) < 4.78 is 0. The van der Waals surface area contributed by atoms with Crippen LogP contribution in [0.4, 0.5) is 0 Å². The molecular weight excluding hydrogens is 292 g/mol. The van der Waals surface area contributed by atoms with Crippen molar-refractivity contribution in [3.63, 3.8) is 0 Å². The molecule has 0 aromatic carbocycles. The Kier molecular flexibility index (Phi) is 13.3. The average Bonchev–Trinajstić information content (AvgIpc) is 2.35. The van der Waals surface area contributed by atoms with Gasteiger partial charge >= 0.3 is 5.97 Å². The summed E-state index contributed by atoms with van der Waals surface area (Å²) in [5.74, 6) is -0.734. The molecule has 2 nitrogen and oxygen atoms in total. The zero-order valence-corrected chi connectivity index (χ0v) is 13.4. The molecule has 18 heavy (non-hydrogen) atoms. The Morgan fingerprint density at radius 2 is 1.28 bits per heavy atom. The topological polar surface area (TPSA) is 37.3 Å². The van der Waals surface area contributed by atoms with Gasteiger partial charge in [0, 0.05) is 0 Å². The van der Waals surface area contributed by atoms with Crippen LogP contribution in [0.3, 0.4) is 0 Å². The lowest BCUT2D eigenvalue weighted by atomic mass is 10.0. The third-order valence-electron chi connectivity index (χ3n) is 3.33. The average molecular weight is 321 g/mol. The fourth-order valence-electron chi connectivity index (χ4n) is 2.11. The van der Waals surface area contributed by atoms with Crippen LogP contribution in [-0.2, 0) is 4.79 Å². The number of hydrogen-bond donors (Lipinski definition) is 1. The number of carboxylic acid groups (broad SMARTS) is 1. The molecule has 0 spiro atoms. The first-order valence-electron chi connectivity index (χ1n) is 7.55. The highest BCUT2D eigenvalue weighted by atomic mass is 79.9. The summed E-state index contributed by atoms with van der Waals surface area (Å²) in [6, 6.07) is 0. The van der Waals surface area contributed by atoms with Crippen molar-refractivity contribution in [1.29, 1.82) is 0 Å². The molecule has 0 saturated carbocycles. The molecule has 0 rings (SSSR count). The van der Waals surface area contributed by atoms with Crippen molar-refractivity contribution < 1.29 is 9.90 Å². The van der Waals surface area contributed by atoms with E-state index in [1.807, 2.05) is 0 Å². The molecule has 0 aromatic rings. The molecule has 3 heteroatoms. The molecule has 0 fully saturated rings. The maximum absolute atomic E-state index is 10.6. The second kappa shape index (κ2) is 13.4. The van der Waals surface area contributed by atoms with Gasteiger partial charge in [0.1, 0.15) is 4.83 Å². The lowest BCUT2D eigenvalue weighted by Crippen LogP contribution is -2.11. The Balaban J connectivity index is 3.05. The quantitative estimate of drug-likeness (QED) is 0.357. The first-order valence-corrected chi connectivity index (χ1v) is 8.47. The third-order valence-corrected chi connectivity index (χ3v) is 4.18. The van der Waals surface area contributed by atoms with E-state index in [-0.39, 0.29) is 4.83 Å². The molecule has 0 unspecified atom stereocenters. The second-order valence-corrected chi connectivity index (χ2v) is 6.24. The molecule has 1 atom stereocenters. The fraction of sp³-hybridized carbons (Fsp3) is 0.933. The smallest absolute Gasteiger partial charge is 0.317 e. The fourth-order valence-corrected chi connectivity index (χ4v) is 2.43. The zero-order valence-electron chi connectivity index (χ0n) is 11.8. The minimum absolute atomic E-state index is 0.351. The maximum Gasteiger partial charge on any atom is 0.317 e. The van der Waals surface area contributed by atoms with Crippen molar-refractivity contribution in [3.8, 4) is 0 Å². The van der Waals surface area contributed by atoms with Crippen molar-refractivity contribution in [2.24, 2.45) is 0 Å². The molecule has 0 aliphatic carbocycles. The Morgan fingerprint density at radius 1 is 0.889 bits per heavy atom. The first-order chi connectivity index (χ1) is 8.68. The Hall–Kier alpha value is -0.0500. The molecule has 0 radical (unpaired) electrons. The summed E-state index contributed by atoms with van der Waals surface area (Å²) in [4.78, 5) is 10.2. The lowest BCUT2D eigenvalue weighted by molar-refractivity contribution is -0.136. The first kappa shape index (κ1) is 17.9. The highest BCUT2D eigenvalue weighted by molar-refractivity contribution is 9.10. The molecule has 0 bridgehead atoms. The van der Waals surface area contributed by atoms with E-state index in [1.54, 1.807) is 0 Å². The van der Waals surface area contributed by atoms with Crippen LogP contribution in [0.25, 0.3) is 0 Å². The van der Waals surface area contributed by atoms with Gasteiger partial charge in [-0.15, -0.1) is 0 Å². The van der Waals surface area contributed by atoms with E-state index < -0.39 is 5.97 Å². The van der Waals surface area contributed by atoms with Crippen molar-refractivity contribution in [2.75, 3.05) is 0 Å². The van der Waals surface area contributed by atoms with Crippen LogP contribution < -0.4 is 0 Å². The van der Waals surface area contributed by atoms with E-state index in [4.69, 9.17) is 5.11 Å². The van der Waals surface area contributed by atoms with Crippen LogP contribution >= 0.6 is 15.9 Å². The van der Waals surface area contributed by atoms with Crippen LogP contribution in [0, 0.1) is 0 Å². The number of carboxylic acids is 1. The van der Waals surface area contributed by atoms with Crippen molar-refractivity contribution in [2.45, 2.75) is 88.8 Å². The Bertz CT molecular complexity index is 195. The van der Waals surface area contributed by atoms with Gasteiger partial charge in [-0.2, -0.15) is 0 Å². The molecular formula is C15H29BrO2. The number of hydrogen-bond acceptors (Lipinski definition) is 1. The SMILES string of the molecule is CCCCCCCCCCCCC[C@H](Br)C(=O)O. The van der Waals surface area contributed by atoms with Crippen LogP contribution in [0.15, 0.2) is 0 Å². The molecule has 0 aliphatic heterocycles. The molecule has 0 aromatic heterocycles. The summed E-state index contributed by atoms with van der Waals surface area (Å²) in [6.07, 6.45) is 15.2. The van der Waals surface area contributed by atoms with Crippen LogP contribution in [0.2, 0.25) is 0 Å². The van der Waals surface area contributed by atoms with Gasteiger partial charge in [-0.05, 0) is 6.42 Å². The number of unbranched alkanes of at least 4 members (excludes halogenated alkanes) is 10. The van der Waals surface area contributed by atoms with Gasteiger partial charge < -0.3 is 5.11 Å². The summed E-state index contributed by atoms with van der Waals surface area (Å²) in [5.41, 5.74) is 0. The minimum atomic E-state index is -0.734. The summed E-state index contributed by atoms with van der Waals surface area (Å²) >= 11 is 3.17. The van der Waals surface area contributed by atoms with Crippen molar-refractivity contribution in [1.82, 2.24) is 0 Å². The van der Waals surface area contributed by atoms with Gasteiger partial charge in [0.2, 0.25) is 0 Å². The van der Waals surface area contributed by atoms with Crippen LogP contribution in [0.5, 0.6) is 0 Å². The highest BCUT2D eigenvalue weighted by Crippen LogP contribution is 2.14. The largest absolute Gasteiger partial charge is 0.480 e. The van der Waals surface area contributed by atoms with E-state index in [2.05, 4.69) is 22.9 Å². The van der Waals surface area contributed by atoms with Gasteiger partial charge in [-0.3, -0.25) is 4.79 Å². The van der Waals surface area contributed by atoms with E-state index in [0.29, 0.717) is 0 Å². The van der Waals surface area contributed by atoms with Crippen molar-refractivity contribution in [3.05, 3.63) is 0 Å². The molecule has 108 valence electrons. The minimum Gasteiger partial charge on any atom is -0.480 e. The molecule has 0 aliphatic rings. The standard InChI is InChI=1S/C15H29BrO2/c1-2-3-4-5-6-7-8-9-10-11-12-13-14(16)15(17)18/h14H,2-13H2,1H3,(H,17,18)/t14-/m0/s1. The van der Waals surface area contributed by atoms with E-state index >= 15 is 0 Å². The van der Waals surface area contributed by atoms with E-state index in [0.717, 1.165) is 12.8 Å². The van der Waals surface area contributed by atoms with Gasteiger partial charge in [-0.1, -0.05) is 93.5 Å². The van der Waals surface area contributed by atoms with Gasteiger partial charge in [0.25, 0.3) is 0 Å². The van der Waals surface area contributed by atoms with Crippen LogP contribution in [0.1, 0.15) is 84.0 Å².